The molecule has 3 rings (SSSR count). The highest BCUT2D eigenvalue weighted by Gasteiger charge is 2.29. The summed E-state index contributed by atoms with van der Waals surface area (Å²) in [4.78, 5) is -0.667. The largest absolute Gasteiger partial charge is 0.395 e. The summed E-state index contributed by atoms with van der Waals surface area (Å²) >= 11 is 0. The molecule has 140 valence electrons. The Kier molecular flexibility index (Phi) is 5.70. The lowest BCUT2D eigenvalue weighted by atomic mass is 9.82. The molecule has 4 nitrogen and oxygen atoms in total. The van der Waals surface area contributed by atoms with Crippen LogP contribution >= 0.6 is 0 Å². The van der Waals surface area contributed by atoms with Gasteiger partial charge in [-0.2, -0.15) is 0 Å². The van der Waals surface area contributed by atoms with Gasteiger partial charge in [-0.15, -0.1) is 0 Å². The van der Waals surface area contributed by atoms with Crippen LogP contribution in [-0.2, 0) is 16.3 Å². The molecule has 0 aromatic heterocycles. The van der Waals surface area contributed by atoms with E-state index in [2.05, 4.69) is 5.32 Å². The van der Waals surface area contributed by atoms with Crippen molar-refractivity contribution in [2.75, 3.05) is 19.7 Å². The predicted molar refractivity (Wildman–Crippen MR) is 93.9 cm³/mol. The van der Waals surface area contributed by atoms with E-state index in [0.717, 1.165) is 30.5 Å². The molecule has 0 saturated carbocycles. The highest BCUT2D eigenvalue weighted by molar-refractivity contribution is 7.91. The van der Waals surface area contributed by atoms with Crippen LogP contribution in [0.25, 0.3) is 0 Å². The average Bonchev–Trinajstić information content (AvgIpc) is 2.62. The van der Waals surface area contributed by atoms with Crippen LogP contribution in [0.4, 0.5) is 8.78 Å². The Balaban J connectivity index is 1.99. The van der Waals surface area contributed by atoms with Crippen molar-refractivity contribution in [3.8, 4) is 0 Å². The van der Waals surface area contributed by atoms with Gasteiger partial charge in [-0.25, -0.2) is 17.2 Å². The second kappa shape index (κ2) is 7.82. The smallest absolute Gasteiger partial charge is 0.209 e. The predicted octanol–water partition coefficient (Wildman–Crippen LogP) is 2.80. The van der Waals surface area contributed by atoms with E-state index in [1.54, 1.807) is 6.07 Å². The van der Waals surface area contributed by atoms with Gasteiger partial charge in [0.25, 0.3) is 0 Å². The van der Waals surface area contributed by atoms with Gasteiger partial charge in [0.05, 0.1) is 11.5 Å². The molecule has 2 aromatic carbocycles. The lowest BCUT2D eigenvalue weighted by Crippen LogP contribution is -2.27. The molecule has 1 atom stereocenters. The molecule has 0 amide bonds. The number of sulfone groups is 1. The molecule has 2 N–H and O–H groups in total. The van der Waals surface area contributed by atoms with E-state index in [4.69, 9.17) is 5.11 Å². The number of nitrogens with one attached hydrogen (secondary N) is 1. The molecule has 0 fully saturated rings. The van der Waals surface area contributed by atoms with E-state index in [1.165, 1.54) is 18.2 Å². The number of hydrogen-bond donors (Lipinski definition) is 2. The zero-order valence-electron chi connectivity index (χ0n) is 14.2. The minimum atomic E-state index is -4.13. The van der Waals surface area contributed by atoms with Gasteiger partial charge in [-0.1, -0.05) is 12.1 Å². The molecule has 1 aliphatic carbocycles. The number of aliphatic hydroxyl groups is 1. The first-order valence-electron chi connectivity index (χ1n) is 8.58. The van der Waals surface area contributed by atoms with Gasteiger partial charge in [0, 0.05) is 13.1 Å². The topological polar surface area (TPSA) is 66.4 Å². The average molecular weight is 381 g/mol. The Bertz CT molecular complexity index is 900. The minimum Gasteiger partial charge on any atom is -0.395 e. The van der Waals surface area contributed by atoms with Gasteiger partial charge in [0.15, 0.2) is 0 Å². The van der Waals surface area contributed by atoms with Crippen molar-refractivity contribution in [2.45, 2.75) is 35.0 Å². The van der Waals surface area contributed by atoms with E-state index in [-0.39, 0.29) is 17.4 Å². The molecule has 0 aliphatic heterocycles. The first-order chi connectivity index (χ1) is 12.4. The zero-order chi connectivity index (χ0) is 18.7. The zero-order valence-corrected chi connectivity index (χ0v) is 15.0. The number of hydrogen-bond acceptors (Lipinski definition) is 4. The van der Waals surface area contributed by atoms with Crippen LogP contribution in [0.3, 0.4) is 0 Å². The highest BCUT2D eigenvalue weighted by Crippen LogP contribution is 2.36. The number of benzene rings is 2. The summed E-state index contributed by atoms with van der Waals surface area (Å²) in [7, 11) is -4.13. The quantitative estimate of drug-likeness (QED) is 0.755. The van der Waals surface area contributed by atoms with Gasteiger partial charge >= 0.3 is 0 Å². The lowest BCUT2D eigenvalue weighted by molar-refractivity contribution is 0.290. The molecule has 26 heavy (non-hydrogen) atoms. The summed E-state index contributed by atoms with van der Waals surface area (Å²) in [6.45, 7) is 1.09. The molecule has 1 aliphatic rings. The molecular weight excluding hydrogens is 360 g/mol. The molecule has 0 saturated heterocycles. The van der Waals surface area contributed by atoms with E-state index < -0.39 is 26.4 Å². The van der Waals surface area contributed by atoms with E-state index >= 15 is 4.39 Å². The highest BCUT2D eigenvalue weighted by atomic mass is 32.2. The Morgan fingerprint density at radius 1 is 1.19 bits per heavy atom. The molecule has 0 bridgehead atoms. The fourth-order valence-corrected chi connectivity index (χ4v) is 4.85. The van der Waals surface area contributed by atoms with Crippen LogP contribution in [0.5, 0.6) is 0 Å². The summed E-state index contributed by atoms with van der Waals surface area (Å²) in [5.74, 6) is -1.34. The number of fused-ring (bicyclic) bond motifs is 1. The SMILES string of the molecule is O=S(=O)(c1cccc(F)c1)c1ccc2c(c1F)CCC[C@H]2CNCCO. The van der Waals surface area contributed by atoms with Crippen LogP contribution in [0.15, 0.2) is 46.2 Å². The Hall–Kier alpha value is -1.83. The monoisotopic (exact) mass is 381 g/mol. The van der Waals surface area contributed by atoms with Crippen molar-refractivity contribution >= 4 is 9.84 Å². The van der Waals surface area contributed by atoms with Crippen LogP contribution in [0.1, 0.15) is 29.9 Å². The third-order valence-electron chi connectivity index (χ3n) is 4.74. The molecule has 0 spiro atoms. The molecular formula is C19H21F2NO3S. The maximum absolute atomic E-state index is 15.1. The van der Waals surface area contributed by atoms with Crippen LogP contribution in [-0.4, -0.2) is 33.2 Å². The van der Waals surface area contributed by atoms with Gasteiger partial charge < -0.3 is 10.4 Å². The molecule has 0 heterocycles. The van der Waals surface area contributed by atoms with Crippen molar-refractivity contribution in [1.82, 2.24) is 5.32 Å². The maximum atomic E-state index is 15.1. The van der Waals surface area contributed by atoms with Crippen molar-refractivity contribution in [1.29, 1.82) is 0 Å². The van der Waals surface area contributed by atoms with Crippen LogP contribution in [0, 0.1) is 11.6 Å². The Morgan fingerprint density at radius 3 is 2.73 bits per heavy atom. The Labute approximate surface area is 151 Å². The van der Waals surface area contributed by atoms with Gasteiger partial charge in [0.2, 0.25) is 9.84 Å². The van der Waals surface area contributed by atoms with E-state index in [0.29, 0.717) is 25.1 Å². The number of rotatable bonds is 6. The van der Waals surface area contributed by atoms with Crippen molar-refractivity contribution in [2.24, 2.45) is 0 Å². The maximum Gasteiger partial charge on any atom is 0.209 e. The van der Waals surface area contributed by atoms with Gasteiger partial charge in [-0.3, -0.25) is 0 Å². The van der Waals surface area contributed by atoms with E-state index in [1.807, 2.05) is 0 Å². The number of halogens is 2. The van der Waals surface area contributed by atoms with Crippen LogP contribution in [0.2, 0.25) is 0 Å². The van der Waals surface area contributed by atoms with E-state index in [9.17, 15) is 12.8 Å². The second-order valence-electron chi connectivity index (χ2n) is 6.42. The summed E-state index contributed by atoms with van der Waals surface area (Å²) in [5, 5.41) is 12.0. The molecule has 2 aromatic rings. The fourth-order valence-electron chi connectivity index (χ4n) is 3.47. The second-order valence-corrected chi connectivity index (χ2v) is 8.34. The van der Waals surface area contributed by atoms with Gasteiger partial charge in [0.1, 0.15) is 16.5 Å². The minimum absolute atomic E-state index is 0.0265. The third-order valence-corrected chi connectivity index (χ3v) is 6.51. The lowest BCUT2D eigenvalue weighted by Gasteiger charge is -2.27. The normalized spacial score (nSPS) is 17.1. The number of aliphatic hydroxyl groups excluding tert-OH is 1. The molecule has 0 radical (unpaired) electrons. The van der Waals surface area contributed by atoms with Crippen molar-refractivity contribution in [3.63, 3.8) is 0 Å². The third kappa shape index (κ3) is 3.65. The fraction of sp³-hybridized carbons (Fsp3) is 0.368. The summed E-state index contributed by atoms with van der Waals surface area (Å²) in [6, 6.07) is 7.54. The summed E-state index contributed by atoms with van der Waals surface area (Å²) in [5.41, 5.74) is 1.22. The van der Waals surface area contributed by atoms with Crippen LogP contribution < -0.4 is 5.32 Å². The van der Waals surface area contributed by atoms with Crippen molar-refractivity contribution < 1.29 is 22.3 Å². The Morgan fingerprint density at radius 2 is 2.00 bits per heavy atom. The molecule has 0 unspecified atom stereocenters. The van der Waals surface area contributed by atoms with Crippen molar-refractivity contribution in [3.05, 3.63) is 59.2 Å². The van der Waals surface area contributed by atoms with Gasteiger partial charge in [-0.05, 0) is 60.6 Å². The first-order valence-corrected chi connectivity index (χ1v) is 10.1. The summed E-state index contributed by atoms with van der Waals surface area (Å²) in [6.07, 6.45) is 2.11. The molecule has 7 heteroatoms. The first kappa shape index (κ1) is 18.9. The standard InChI is InChI=1S/C19H21F2NO3S/c20-14-4-2-5-15(11-14)26(24,25)18-8-7-16-13(12-22-9-10-23)3-1-6-17(16)19(18)21/h2,4-5,7-8,11,13,22-23H,1,3,6,9-10,12H2/t13-/m0/s1. The summed E-state index contributed by atoms with van der Waals surface area (Å²) < 4.78 is 53.9.